The molecule has 134 valence electrons. The molecular formula is C19H21N5OS. The number of nitrogens with one attached hydrogen (secondary N) is 1. The Labute approximate surface area is 156 Å². The van der Waals surface area contributed by atoms with E-state index in [1.54, 1.807) is 34.2 Å². The Balaban J connectivity index is 1.38. The van der Waals surface area contributed by atoms with E-state index >= 15 is 0 Å². The average Bonchev–Trinajstić information content (AvgIpc) is 3.28. The van der Waals surface area contributed by atoms with E-state index < -0.39 is 0 Å². The maximum Gasteiger partial charge on any atom is 0.322 e. The van der Waals surface area contributed by atoms with E-state index in [1.807, 2.05) is 36.5 Å². The molecule has 0 saturated heterocycles. The van der Waals surface area contributed by atoms with Crippen LogP contribution in [-0.2, 0) is 19.4 Å². The van der Waals surface area contributed by atoms with Crippen molar-refractivity contribution in [2.45, 2.75) is 32.2 Å². The summed E-state index contributed by atoms with van der Waals surface area (Å²) in [5.74, 6) is 0. The summed E-state index contributed by atoms with van der Waals surface area (Å²) in [5.41, 5.74) is 2.85. The van der Waals surface area contributed by atoms with Crippen molar-refractivity contribution in [1.29, 1.82) is 0 Å². The van der Waals surface area contributed by atoms with Gasteiger partial charge in [0, 0.05) is 11.9 Å². The van der Waals surface area contributed by atoms with Crippen LogP contribution in [0.1, 0.15) is 28.4 Å². The maximum atomic E-state index is 12.5. The largest absolute Gasteiger partial charge is 0.322 e. The van der Waals surface area contributed by atoms with Crippen molar-refractivity contribution in [2.75, 3.05) is 12.4 Å². The molecular weight excluding hydrogens is 346 g/mol. The van der Waals surface area contributed by atoms with Crippen molar-refractivity contribution in [3.8, 4) is 5.69 Å². The molecule has 2 amide bonds. The first-order chi connectivity index (χ1) is 12.7. The van der Waals surface area contributed by atoms with E-state index in [1.165, 1.54) is 23.4 Å². The summed E-state index contributed by atoms with van der Waals surface area (Å²) in [6, 6.07) is 9.64. The van der Waals surface area contributed by atoms with Gasteiger partial charge in [0.25, 0.3) is 0 Å². The first-order valence-corrected chi connectivity index (χ1v) is 9.60. The molecule has 0 fully saturated rings. The average molecular weight is 367 g/mol. The SMILES string of the molecule is CN(Cc1nc2c(s1)CCCC2)C(=O)Nc1cnn(-c2ccccc2)c1. The van der Waals surface area contributed by atoms with Gasteiger partial charge in [0.2, 0.25) is 0 Å². The van der Waals surface area contributed by atoms with Gasteiger partial charge in [0.05, 0.1) is 36.0 Å². The molecule has 26 heavy (non-hydrogen) atoms. The minimum Gasteiger partial charge on any atom is -0.321 e. The van der Waals surface area contributed by atoms with Gasteiger partial charge >= 0.3 is 6.03 Å². The molecule has 1 aromatic carbocycles. The molecule has 4 rings (SSSR count). The number of carbonyl (C=O) groups excluding carboxylic acids is 1. The molecule has 2 heterocycles. The number of aromatic nitrogens is 3. The summed E-state index contributed by atoms with van der Waals surface area (Å²) >= 11 is 1.74. The number of rotatable bonds is 4. The van der Waals surface area contributed by atoms with Gasteiger partial charge in [-0.3, -0.25) is 0 Å². The highest BCUT2D eigenvalue weighted by Crippen LogP contribution is 2.27. The Hall–Kier alpha value is -2.67. The number of amides is 2. The lowest BCUT2D eigenvalue weighted by Crippen LogP contribution is -2.30. The van der Waals surface area contributed by atoms with Crippen LogP contribution < -0.4 is 5.32 Å². The first kappa shape index (κ1) is 16.8. The van der Waals surface area contributed by atoms with Crippen molar-refractivity contribution in [3.63, 3.8) is 0 Å². The van der Waals surface area contributed by atoms with Crippen molar-refractivity contribution in [3.05, 3.63) is 58.3 Å². The van der Waals surface area contributed by atoms with Crippen LogP contribution in [0.2, 0.25) is 0 Å². The number of para-hydroxylation sites is 1. The first-order valence-electron chi connectivity index (χ1n) is 8.79. The number of fused-ring (bicyclic) bond motifs is 1. The number of anilines is 1. The number of benzene rings is 1. The van der Waals surface area contributed by atoms with E-state index in [2.05, 4.69) is 10.4 Å². The fourth-order valence-electron chi connectivity index (χ4n) is 3.08. The number of hydrogen-bond donors (Lipinski definition) is 1. The highest BCUT2D eigenvalue weighted by molar-refractivity contribution is 7.11. The summed E-state index contributed by atoms with van der Waals surface area (Å²) in [6.45, 7) is 0.524. The molecule has 1 aliphatic rings. The normalized spacial score (nSPS) is 13.3. The molecule has 0 aliphatic heterocycles. The highest BCUT2D eigenvalue weighted by atomic mass is 32.1. The van der Waals surface area contributed by atoms with E-state index in [-0.39, 0.29) is 6.03 Å². The molecule has 1 aliphatic carbocycles. The zero-order chi connectivity index (χ0) is 17.9. The van der Waals surface area contributed by atoms with E-state index in [4.69, 9.17) is 4.98 Å². The Morgan fingerprint density at radius 1 is 1.27 bits per heavy atom. The lowest BCUT2D eigenvalue weighted by atomic mass is 10.0. The van der Waals surface area contributed by atoms with Crippen LogP contribution in [-0.4, -0.2) is 32.7 Å². The summed E-state index contributed by atoms with van der Waals surface area (Å²) in [5, 5.41) is 8.20. The minimum absolute atomic E-state index is 0.161. The van der Waals surface area contributed by atoms with Crippen LogP contribution >= 0.6 is 11.3 Å². The van der Waals surface area contributed by atoms with Gasteiger partial charge < -0.3 is 10.2 Å². The van der Waals surface area contributed by atoms with Crippen LogP contribution in [0.15, 0.2) is 42.7 Å². The van der Waals surface area contributed by atoms with Crippen LogP contribution in [0, 0.1) is 0 Å². The number of urea groups is 1. The second-order valence-electron chi connectivity index (χ2n) is 6.48. The van der Waals surface area contributed by atoms with Gasteiger partial charge in [0.1, 0.15) is 5.01 Å². The van der Waals surface area contributed by atoms with Crippen LogP contribution in [0.3, 0.4) is 0 Å². The Morgan fingerprint density at radius 2 is 2.08 bits per heavy atom. The fourth-order valence-corrected chi connectivity index (χ4v) is 4.29. The van der Waals surface area contributed by atoms with Gasteiger partial charge in [-0.15, -0.1) is 11.3 Å². The maximum absolute atomic E-state index is 12.5. The molecule has 1 N–H and O–H groups in total. The summed E-state index contributed by atoms with van der Waals surface area (Å²) in [6.07, 6.45) is 8.13. The molecule has 7 heteroatoms. The molecule has 2 aromatic heterocycles. The van der Waals surface area contributed by atoms with E-state index in [0.717, 1.165) is 23.5 Å². The van der Waals surface area contributed by atoms with Crippen LogP contribution in [0.5, 0.6) is 0 Å². The van der Waals surface area contributed by atoms with Crippen molar-refractivity contribution < 1.29 is 4.79 Å². The lowest BCUT2D eigenvalue weighted by molar-refractivity contribution is 0.220. The minimum atomic E-state index is -0.161. The lowest BCUT2D eigenvalue weighted by Gasteiger charge is -2.15. The number of aryl methyl sites for hydroxylation is 2. The smallest absolute Gasteiger partial charge is 0.321 e. The van der Waals surface area contributed by atoms with Gasteiger partial charge in [0.15, 0.2) is 0 Å². The third-order valence-corrected chi connectivity index (χ3v) is 5.61. The molecule has 0 unspecified atom stereocenters. The molecule has 0 saturated carbocycles. The molecule has 3 aromatic rings. The number of hydrogen-bond acceptors (Lipinski definition) is 4. The molecule has 6 nitrogen and oxygen atoms in total. The Morgan fingerprint density at radius 3 is 2.88 bits per heavy atom. The molecule has 0 bridgehead atoms. The quantitative estimate of drug-likeness (QED) is 0.761. The monoisotopic (exact) mass is 367 g/mol. The second-order valence-corrected chi connectivity index (χ2v) is 7.65. The predicted octanol–water partition coefficient (Wildman–Crippen LogP) is 3.87. The van der Waals surface area contributed by atoms with E-state index in [0.29, 0.717) is 12.2 Å². The topological polar surface area (TPSA) is 63.1 Å². The number of nitrogens with zero attached hydrogens (tertiary/aromatic N) is 4. The van der Waals surface area contributed by atoms with Gasteiger partial charge in [-0.1, -0.05) is 18.2 Å². The number of thiazole rings is 1. The Bertz CT molecular complexity index is 878. The van der Waals surface area contributed by atoms with Crippen LogP contribution in [0.4, 0.5) is 10.5 Å². The molecule has 0 spiro atoms. The fraction of sp³-hybridized carbons (Fsp3) is 0.316. The third kappa shape index (κ3) is 3.62. The standard InChI is InChI=1S/C19H21N5OS/c1-23(13-18-22-16-9-5-6-10-17(16)26-18)19(25)21-14-11-20-24(12-14)15-7-3-2-4-8-15/h2-4,7-8,11-12H,5-6,9-10,13H2,1H3,(H,21,25). The molecule has 0 atom stereocenters. The predicted molar refractivity (Wildman–Crippen MR) is 103 cm³/mol. The van der Waals surface area contributed by atoms with Crippen molar-refractivity contribution in [2.24, 2.45) is 0 Å². The van der Waals surface area contributed by atoms with Gasteiger partial charge in [-0.2, -0.15) is 5.10 Å². The van der Waals surface area contributed by atoms with Crippen molar-refractivity contribution >= 4 is 23.1 Å². The Kier molecular flexibility index (Phi) is 4.71. The van der Waals surface area contributed by atoms with Gasteiger partial charge in [-0.05, 0) is 37.8 Å². The third-order valence-electron chi connectivity index (χ3n) is 4.46. The van der Waals surface area contributed by atoms with Crippen molar-refractivity contribution in [1.82, 2.24) is 19.7 Å². The second kappa shape index (κ2) is 7.29. The molecule has 0 radical (unpaired) electrons. The summed E-state index contributed by atoms with van der Waals surface area (Å²) in [4.78, 5) is 20.2. The number of carbonyl (C=O) groups is 1. The zero-order valence-electron chi connectivity index (χ0n) is 14.7. The van der Waals surface area contributed by atoms with E-state index in [9.17, 15) is 4.79 Å². The summed E-state index contributed by atoms with van der Waals surface area (Å²) < 4.78 is 1.74. The summed E-state index contributed by atoms with van der Waals surface area (Å²) in [7, 11) is 1.79. The zero-order valence-corrected chi connectivity index (χ0v) is 15.5. The van der Waals surface area contributed by atoms with Gasteiger partial charge in [-0.25, -0.2) is 14.5 Å². The highest BCUT2D eigenvalue weighted by Gasteiger charge is 2.18. The van der Waals surface area contributed by atoms with Crippen LogP contribution in [0.25, 0.3) is 5.69 Å².